The first-order chi connectivity index (χ1) is 10.5. The van der Waals surface area contributed by atoms with E-state index in [1.54, 1.807) is 6.07 Å². The molecule has 3 aromatic heterocycles. The number of rotatable bonds is 5. The fourth-order valence-corrected chi connectivity index (χ4v) is 2.06. The van der Waals surface area contributed by atoms with Crippen LogP contribution >= 0.6 is 0 Å². The largest absolute Gasteiger partial charge is 0.364 e. The standard InChI is InChI=1S/C13H17N7O2/c1-13(2,3)9(14-6-8-4-5-21-19-8)12-17-11(20-22-12)10-15-7-16-18-10/h4-5,7,9,14H,6H2,1-3H3,(H,15,16,18). The van der Waals surface area contributed by atoms with E-state index in [0.29, 0.717) is 24.1 Å². The van der Waals surface area contributed by atoms with Gasteiger partial charge in [0.2, 0.25) is 11.7 Å². The van der Waals surface area contributed by atoms with Gasteiger partial charge in [0.05, 0.1) is 11.7 Å². The number of nitrogens with one attached hydrogen (secondary N) is 2. The van der Waals surface area contributed by atoms with Crippen molar-refractivity contribution in [1.82, 2.24) is 35.8 Å². The van der Waals surface area contributed by atoms with Gasteiger partial charge in [-0.25, -0.2) is 4.98 Å². The molecule has 3 aromatic rings. The topological polar surface area (TPSA) is 119 Å². The highest BCUT2D eigenvalue weighted by Gasteiger charge is 2.31. The summed E-state index contributed by atoms with van der Waals surface area (Å²) in [5.41, 5.74) is 0.679. The van der Waals surface area contributed by atoms with E-state index >= 15 is 0 Å². The van der Waals surface area contributed by atoms with Crippen LogP contribution in [-0.4, -0.2) is 30.5 Å². The summed E-state index contributed by atoms with van der Waals surface area (Å²) >= 11 is 0. The summed E-state index contributed by atoms with van der Waals surface area (Å²) in [4.78, 5) is 8.42. The summed E-state index contributed by atoms with van der Waals surface area (Å²) in [6.07, 6.45) is 2.94. The van der Waals surface area contributed by atoms with E-state index in [9.17, 15) is 0 Å². The molecule has 22 heavy (non-hydrogen) atoms. The van der Waals surface area contributed by atoms with Gasteiger partial charge in [0.25, 0.3) is 0 Å². The van der Waals surface area contributed by atoms with Crippen molar-refractivity contribution in [3.63, 3.8) is 0 Å². The minimum Gasteiger partial charge on any atom is -0.364 e. The van der Waals surface area contributed by atoms with Gasteiger partial charge in [-0.05, 0) is 5.41 Å². The minimum atomic E-state index is -0.145. The molecule has 3 rings (SSSR count). The highest BCUT2D eigenvalue weighted by atomic mass is 16.5. The van der Waals surface area contributed by atoms with Gasteiger partial charge >= 0.3 is 0 Å². The molecule has 0 amide bonds. The van der Waals surface area contributed by atoms with Gasteiger partial charge in [-0.2, -0.15) is 10.1 Å². The van der Waals surface area contributed by atoms with E-state index in [1.165, 1.54) is 12.6 Å². The maximum atomic E-state index is 5.39. The van der Waals surface area contributed by atoms with E-state index in [4.69, 9.17) is 9.05 Å². The second kappa shape index (κ2) is 5.68. The van der Waals surface area contributed by atoms with Crippen molar-refractivity contribution < 1.29 is 9.05 Å². The first-order valence-electron chi connectivity index (χ1n) is 6.86. The third kappa shape index (κ3) is 3.03. The zero-order valence-electron chi connectivity index (χ0n) is 12.6. The summed E-state index contributed by atoms with van der Waals surface area (Å²) in [5.74, 6) is 1.34. The predicted molar refractivity (Wildman–Crippen MR) is 75.2 cm³/mol. The van der Waals surface area contributed by atoms with Crippen LogP contribution in [0.2, 0.25) is 0 Å². The van der Waals surface area contributed by atoms with Crippen molar-refractivity contribution in [3.8, 4) is 11.6 Å². The van der Waals surface area contributed by atoms with Crippen LogP contribution in [0.3, 0.4) is 0 Å². The smallest absolute Gasteiger partial charge is 0.244 e. The molecule has 9 heteroatoms. The second-order valence-electron chi connectivity index (χ2n) is 5.96. The number of hydrogen-bond donors (Lipinski definition) is 2. The summed E-state index contributed by atoms with van der Waals surface area (Å²) in [6.45, 7) is 6.81. The highest BCUT2D eigenvalue weighted by Crippen LogP contribution is 2.32. The molecule has 0 saturated carbocycles. The van der Waals surface area contributed by atoms with Crippen LogP contribution in [0.15, 0.2) is 27.7 Å². The molecule has 0 radical (unpaired) electrons. The monoisotopic (exact) mass is 303 g/mol. The lowest BCUT2D eigenvalue weighted by Gasteiger charge is -2.28. The Morgan fingerprint density at radius 3 is 2.82 bits per heavy atom. The first kappa shape index (κ1) is 14.4. The fraction of sp³-hybridized carbons (Fsp3) is 0.462. The zero-order valence-corrected chi connectivity index (χ0v) is 12.6. The first-order valence-corrected chi connectivity index (χ1v) is 6.86. The highest BCUT2D eigenvalue weighted by molar-refractivity contribution is 5.39. The Kier molecular flexibility index (Phi) is 3.72. The lowest BCUT2D eigenvalue weighted by Crippen LogP contribution is -2.32. The van der Waals surface area contributed by atoms with Crippen molar-refractivity contribution in [1.29, 1.82) is 0 Å². The molecule has 0 aromatic carbocycles. The molecule has 1 atom stereocenters. The van der Waals surface area contributed by atoms with E-state index in [0.717, 1.165) is 5.69 Å². The molecule has 0 aliphatic heterocycles. The fourth-order valence-electron chi connectivity index (χ4n) is 2.06. The Hall–Kier alpha value is -2.55. The molecule has 0 aliphatic rings. The van der Waals surface area contributed by atoms with Gasteiger partial charge in [-0.15, -0.1) is 0 Å². The number of H-pyrrole nitrogens is 1. The van der Waals surface area contributed by atoms with Crippen molar-refractivity contribution in [2.24, 2.45) is 5.41 Å². The van der Waals surface area contributed by atoms with Crippen LogP contribution in [0.5, 0.6) is 0 Å². The molecule has 0 aliphatic carbocycles. The average molecular weight is 303 g/mol. The Labute approximate surface area is 126 Å². The summed E-state index contributed by atoms with van der Waals surface area (Å²) in [5, 5.41) is 17.7. The summed E-state index contributed by atoms with van der Waals surface area (Å²) in [6, 6.07) is 1.66. The molecule has 0 saturated heterocycles. The molecular formula is C13H17N7O2. The van der Waals surface area contributed by atoms with Crippen molar-refractivity contribution >= 4 is 0 Å². The number of aromatic amines is 1. The van der Waals surface area contributed by atoms with E-state index < -0.39 is 0 Å². The number of hydrogen-bond acceptors (Lipinski definition) is 8. The lowest BCUT2D eigenvalue weighted by atomic mass is 9.86. The third-order valence-electron chi connectivity index (χ3n) is 3.16. The molecule has 9 nitrogen and oxygen atoms in total. The van der Waals surface area contributed by atoms with Crippen molar-refractivity contribution in [2.75, 3.05) is 0 Å². The van der Waals surface area contributed by atoms with Crippen LogP contribution in [0.4, 0.5) is 0 Å². The summed E-state index contributed by atoms with van der Waals surface area (Å²) in [7, 11) is 0. The molecule has 1 unspecified atom stereocenters. The quantitative estimate of drug-likeness (QED) is 0.731. The molecular weight excluding hydrogens is 286 g/mol. The van der Waals surface area contributed by atoms with Crippen LogP contribution in [0.1, 0.15) is 38.4 Å². The Balaban J connectivity index is 1.80. The number of nitrogens with zero attached hydrogens (tertiary/aromatic N) is 5. The van der Waals surface area contributed by atoms with E-state index in [1.807, 2.05) is 0 Å². The van der Waals surface area contributed by atoms with Gasteiger partial charge in [-0.1, -0.05) is 31.1 Å². The Morgan fingerprint density at radius 1 is 1.32 bits per heavy atom. The normalized spacial score (nSPS) is 13.4. The maximum Gasteiger partial charge on any atom is 0.244 e. The Morgan fingerprint density at radius 2 is 2.18 bits per heavy atom. The van der Waals surface area contributed by atoms with Crippen LogP contribution in [0.25, 0.3) is 11.6 Å². The molecule has 0 spiro atoms. The van der Waals surface area contributed by atoms with Gasteiger partial charge in [-0.3, -0.25) is 10.4 Å². The summed E-state index contributed by atoms with van der Waals surface area (Å²) < 4.78 is 10.2. The molecule has 116 valence electrons. The van der Waals surface area contributed by atoms with Gasteiger partial charge in [0, 0.05) is 12.6 Å². The lowest BCUT2D eigenvalue weighted by molar-refractivity contribution is 0.210. The van der Waals surface area contributed by atoms with Crippen LogP contribution < -0.4 is 5.32 Å². The average Bonchev–Trinajstić information content (AvgIpc) is 3.20. The maximum absolute atomic E-state index is 5.39. The molecule has 2 N–H and O–H groups in total. The molecule has 3 heterocycles. The van der Waals surface area contributed by atoms with E-state index in [2.05, 4.69) is 56.6 Å². The minimum absolute atomic E-state index is 0.130. The Bertz CT molecular complexity index is 697. The molecule has 0 bridgehead atoms. The van der Waals surface area contributed by atoms with Gasteiger partial charge < -0.3 is 9.05 Å². The van der Waals surface area contributed by atoms with Crippen molar-refractivity contribution in [3.05, 3.63) is 30.2 Å². The number of aromatic nitrogens is 6. The van der Waals surface area contributed by atoms with E-state index in [-0.39, 0.29) is 11.5 Å². The SMILES string of the molecule is CC(C)(C)C(NCc1ccon1)c1nc(-c2ncn[nH]2)no1. The second-order valence-corrected chi connectivity index (χ2v) is 5.96. The van der Waals surface area contributed by atoms with Crippen molar-refractivity contribution in [2.45, 2.75) is 33.4 Å². The zero-order chi connectivity index (χ0) is 15.6. The molecule has 0 fully saturated rings. The van der Waals surface area contributed by atoms with Gasteiger partial charge in [0.1, 0.15) is 12.6 Å². The predicted octanol–water partition coefficient (Wildman–Crippen LogP) is 1.72. The van der Waals surface area contributed by atoms with Crippen LogP contribution in [0, 0.1) is 5.41 Å². The van der Waals surface area contributed by atoms with Crippen LogP contribution in [-0.2, 0) is 6.54 Å². The third-order valence-corrected chi connectivity index (χ3v) is 3.16. The van der Waals surface area contributed by atoms with Gasteiger partial charge in [0.15, 0.2) is 5.82 Å².